The average Bonchev–Trinajstić information content (AvgIpc) is 4.34. The molecule has 0 radical (unpaired) electrons. The Morgan fingerprint density at radius 3 is 1.22 bits per heavy atom. The van der Waals surface area contributed by atoms with E-state index in [4.69, 9.17) is 0 Å². The summed E-state index contributed by atoms with van der Waals surface area (Å²) >= 11 is 0. The fraction of sp³-hybridized carbons (Fsp3) is 0.290. The molecular weight excluding hydrogens is 837 g/mol. The number of rotatable bonds is 16. The van der Waals surface area contributed by atoms with Crippen LogP contribution in [0.5, 0.6) is 11.5 Å². The highest BCUT2D eigenvalue weighted by atomic mass is 16.3. The van der Waals surface area contributed by atoms with E-state index in [1.54, 1.807) is 18.2 Å². The van der Waals surface area contributed by atoms with Crippen molar-refractivity contribution in [2.45, 2.75) is 76.3 Å². The van der Waals surface area contributed by atoms with Crippen molar-refractivity contribution in [2.75, 3.05) is 39.4 Å². The smallest absolute Gasteiger partial charge is 0.116 e. The quantitative estimate of drug-likeness (QED) is 0.0724. The van der Waals surface area contributed by atoms with Gasteiger partial charge in [-0.3, -0.25) is 9.80 Å². The second kappa shape index (κ2) is 22.7. The average molecular weight is 903 g/mol. The topological polar surface area (TPSA) is 87.4 Å². The van der Waals surface area contributed by atoms with E-state index in [-0.39, 0.29) is 24.7 Å². The van der Waals surface area contributed by atoms with Gasteiger partial charge in [-0.25, -0.2) is 0 Å². The Balaban J connectivity index is 0.000000170. The first-order valence-electron chi connectivity index (χ1n) is 24.9. The van der Waals surface area contributed by atoms with Crippen molar-refractivity contribution in [3.63, 3.8) is 0 Å². The lowest BCUT2D eigenvalue weighted by Gasteiger charge is -2.26. The van der Waals surface area contributed by atoms with Crippen LogP contribution in [0.2, 0.25) is 0 Å². The molecule has 0 amide bonds. The fourth-order valence-corrected chi connectivity index (χ4v) is 10.1. The van der Waals surface area contributed by atoms with Gasteiger partial charge in [0.1, 0.15) is 11.5 Å². The molecule has 2 aliphatic heterocycles. The number of benzene rings is 6. The van der Waals surface area contributed by atoms with Crippen LogP contribution in [-0.2, 0) is 0 Å². The summed E-state index contributed by atoms with van der Waals surface area (Å²) in [7, 11) is 0. The van der Waals surface area contributed by atoms with Gasteiger partial charge in [-0.2, -0.15) is 0 Å². The van der Waals surface area contributed by atoms with Crippen molar-refractivity contribution in [2.24, 2.45) is 0 Å². The van der Waals surface area contributed by atoms with Gasteiger partial charge in [-0.15, -0.1) is 0 Å². The third kappa shape index (κ3) is 11.9. The fourth-order valence-electron chi connectivity index (χ4n) is 10.1. The first-order chi connectivity index (χ1) is 33.4. The van der Waals surface area contributed by atoms with Crippen LogP contribution in [0.1, 0.15) is 109 Å². The van der Waals surface area contributed by atoms with Gasteiger partial charge in [0.2, 0.25) is 0 Å². The molecule has 4 N–H and O–H groups in total. The minimum atomic E-state index is 0.147. The van der Waals surface area contributed by atoms with Crippen LogP contribution < -0.4 is 0 Å². The van der Waals surface area contributed by atoms with E-state index in [1.165, 1.54) is 64.7 Å². The van der Waals surface area contributed by atoms with Crippen LogP contribution in [0.4, 0.5) is 0 Å². The maximum absolute atomic E-state index is 10.2. The van der Waals surface area contributed by atoms with Gasteiger partial charge in [0.05, 0.1) is 0 Å². The summed E-state index contributed by atoms with van der Waals surface area (Å²) < 4.78 is 0. The van der Waals surface area contributed by atoms with Crippen LogP contribution in [0.25, 0.3) is 33.4 Å². The molecule has 0 atom stereocenters. The van der Waals surface area contributed by atoms with Crippen molar-refractivity contribution in [3.8, 4) is 11.5 Å². The minimum absolute atomic E-state index is 0.147. The maximum atomic E-state index is 10.2. The van der Waals surface area contributed by atoms with E-state index in [0.29, 0.717) is 12.8 Å². The largest absolute Gasteiger partial charge is 0.508 e. The van der Waals surface area contributed by atoms with E-state index in [1.807, 2.05) is 36.4 Å². The van der Waals surface area contributed by atoms with E-state index in [0.717, 1.165) is 103 Å². The molecule has 68 heavy (non-hydrogen) atoms. The van der Waals surface area contributed by atoms with Crippen LogP contribution in [0.15, 0.2) is 170 Å². The van der Waals surface area contributed by atoms with Crippen LogP contribution >= 0.6 is 0 Å². The third-order valence-corrected chi connectivity index (χ3v) is 14.0. The molecule has 0 saturated heterocycles. The van der Waals surface area contributed by atoms with Gasteiger partial charge in [-0.05, 0) is 166 Å². The molecule has 0 unspecified atom stereocenters. The molecule has 6 aromatic carbocycles. The number of hydrogen-bond donors (Lipinski definition) is 4. The van der Waals surface area contributed by atoms with Crippen molar-refractivity contribution in [1.82, 2.24) is 9.80 Å². The molecule has 0 bridgehead atoms. The number of aromatic hydroxyl groups is 2. The molecular formula is C62H66N2O4. The molecule has 2 fully saturated rings. The normalized spacial score (nSPS) is 17.3. The van der Waals surface area contributed by atoms with E-state index in [2.05, 4.69) is 125 Å². The van der Waals surface area contributed by atoms with Gasteiger partial charge in [0.15, 0.2) is 0 Å². The van der Waals surface area contributed by atoms with Crippen LogP contribution in [-0.4, -0.2) is 81.7 Å². The Kier molecular flexibility index (Phi) is 15.6. The molecule has 348 valence electrons. The molecule has 6 heteroatoms. The minimum Gasteiger partial charge on any atom is -0.508 e. The number of phenols is 2. The lowest BCUT2D eigenvalue weighted by Crippen LogP contribution is -2.30. The molecule has 0 aromatic heterocycles. The summed E-state index contributed by atoms with van der Waals surface area (Å²) in [5, 5.41) is 39.3. The Morgan fingerprint density at radius 1 is 0.426 bits per heavy atom. The molecule has 4 aliphatic rings. The highest BCUT2D eigenvalue weighted by molar-refractivity contribution is 6.00. The predicted octanol–water partition coefficient (Wildman–Crippen LogP) is 12.8. The summed E-state index contributed by atoms with van der Waals surface area (Å²) in [5.74, 6) is 0.522. The summed E-state index contributed by atoms with van der Waals surface area (Å²) in [6.07, 6.45) is 15.4. The van der Waals surface area contributed by atoms with Gasteiger partial charge < -0.3 is 20.4 Å². The molecule has 6 nitrogen and oxygen atoms in total. The third-order valence-electron chi connectivity index (χ3n) is 14.0. The van der Waals surface area contributed by atoms with Crippen molar-refractivity contribution >= 4 is 33.4 Å². The lowest BCUT2D eigenvalue weighted by atomic mass is 9.86. The molecule has 2 saturated carbocycles. The molecule has 10 rings (SSSR count). The summed E-state index contributed by atoms with van der Waals surface area (Å²) in [6.45, 7) is 4.76. The second-order valence-corrected chi connectivity index (χ2v) is 18.8. The number of nitrogens with zero attached hydrogens (tertiary/aromatic N) is 2. The summed E-state index contributed by atoms with van der Waals surface area (Å²) in [6, 6.07) is 55.3. The highest BCUT2D eigenvalue weighted by Crippen LogP contribution is 2.40. The first-order valence-corrected chi connectivity index (χ1v) is 24.9. The molecule has 2 heterocycles. The van der Waals surface area contributed by atoms with Gasteiger partial charge in [0.25, 0.3) is 0 Å². The Labute approximate surface area is 403 Å². The highest BCUT2D eigenvalue weighted by Gasteiger charge is 2.31. The number of allylic oxidation sites excluding steroid dienone is 2. The molecule has 6 aromatic rings. The number of aliphatic hydroxyl groups excluding tert-OH is 2. The predicted molar refractivity (Wildman–Crippen MR) is 281 cm³/mol. The van der Waals surface area contributed by atoms with E-state index in [9.17, 15) is 20.4 Å². The SMILES string of the molecule is OCCC/C(=C(/c1ccc(C2=CCN(C3CC3)CC2)cc1)c1cccc(O)c1)c1ccccc1.OCCC/C(=C(\c1ccc(O)cc1)c1ccc(C2=CCN(C3CC3)CC2)cc1)c1ccccc1. The number of aliphatic hydroxyl groups is 2. The zero-order valence-corrected chi connectivity index (χ0v) is 39.3. The Morgan fingerprint density at radius 2 is 0.838 bits per heavy atom. The summed E-state index contributed by atoms with van der Waals surface area (Å²) in [4.78, 5) is 5.21. The number of phenolic OH excluding ortho intramolecular Hbond substituents is 2. The zero-order chi connectivity index (χ0) is 46.7. The maximum Gasteiger partial charge on any atom is 0.116 e. The van der Waals surface area contributed by atoms with Gasteiger partial charge in [-0.1, -0.05) is 146 Å². The molecule has 0 spiro atoms. The van der Waals surface area contributed by atoms with E-state index >= 15 is 0 Å². The second-order valence-electron chi connectivity index (χ2n) is 18.8. The van der Waals surface area contributed by atoms with Crippen LogP contribution in [0.3, 0.4) is 0 Å². The first kappa shape index (κ1) is 46.8. The zero-order valence-electron chi connectivity index (χ0n) is 39.3. The number of hydrogen-bond acceptors (Lipinski definition) is 6. The van der Waals surface area contributed by atoms with Crippen molar-refractivity contribution in [3.05, 3.63) is 214 Å². The lowest BCUT2D eigenvalue weighted by molar-refractivity contribution is 0.290. The molecule has 2 aliphatic carbocycles. The van der Waals surface area contributed by atoms with Crippen molar-refractivity contribution in [1.29, 1.82) is 0 Å². The van der Waals surface area contributed by atoms with E-state index < -0.39 is 0 Å². The summed E-state index contributed by atoms with van der Waals surface area (Å²) in [5.41, 5.74) is 16.8. The Hall–Kier alpha value is -6.28. The monoisotopic (exact) mass is 903 g/mol. The van der Waals surface area contributed by atoms with Gasteiger partial charge in [0, 0.05) is 51.5 Å². The van der Waals surface area contributed by atoms with Crippen molar-refractivity contribution < 1.29 is 20.4 Å². The standard InChI is InChI=1S/2C31H33NO2/c33-21-5-10-30(25-6-2-1-3-7-25)31(27-8-4-9-29(34)22-27)26-13-11-23(12-14-26)24-17-19-32(20-18-24)28-15-16-28;33-22-4-7-30(25-5-2-1-3-6-25)31(27-12-16-29(34)17-13-27)26-10-8-23(9-11-26)24-18-20-32(21-19-24)28-14-15-28/h1-4,6-9,11-14,17,22,28,33-34H,5,10,15-16,18-21H2;1-3,5-6,8-13,16-18,28,33-34H,4,7,14-15,19-22H2/b2*31-30+. The van der Waals surface area contributed by atoms with Crippen LogP contribution in [0, 0.1) is 0 Å². The Bertz CT molecular complexity index is 2710. The van der Waals surface area contributed by atoms with Gasteiger partial charge >= 0.3 is 0 Å².